The quantitative estimate of drug-likeness (QED) is 0.921. The molecule has 0 spiro atoms. The summed E-state index contributed by atoms with van der Waals surface area (Å²) in [5.74, 6) is 3.40. The first-order valence-corrected chi connectivity index (χ1v) is 8.88. The number of rotatable bonds is 4. The Labute approximate surface area is 125 Å². The van der Waals surface area contributed by atoms with Gasteiger partial charge in [0.25, 0.3) is 0 Å². The molecule has 2 nitrogen and oxygen atoms in total. The van der Waals surface area contributed by atoms with Crippen molar-refractivity contribution < 1.29 is 4.79 Å². The summed E-state index contributed by atoms with van der Waals surface area (Å²) in [7, 11) is 0. The smallest absolute Gasteiger partial charge is 0.230 e. The molecule has 1 aliphatic heterocycles. The van der Waals surface area contributed by atoms with Gasteiger partial charge in [-0.2, -0.15) is 11.8 Å². The number of nitrogens with one attached hydrogen (secondary N) is 1. The predicted octanol–water partition coefficient (Wildman–Crippen LogP) is 3.37. The van der Waals surface area contributed by atoms with Gasteiger partial charge in [0.05, 0.1) is 5.41 Å². The van der Waals surface area contributed by atoms with Gasteiger partial charge in [-0.1, -0.05) is 43.2 Å². The summed E-state index contributed by atoms with van der Waals surface area (Å²) in [4.78, 5) is 12.8. The lowest BCUT2D eigenvalue weighted by molar-refractivity contribution is -0.126. The van der Waals surface area contributed by atoms with Crippen LogP contribution < -0.4 is 5.32 Å². The lowest BCUT2D eigenvalue weighted by Crippen LogP contribution is -2.44. The molecular formula is C17H23NOS. The fourth-order valence-corrected chi connectivity index (χ4v) is 4.82. The van der Waals surface area contributed by atoms with Gasteiger partial charge in [-0.15, -0.1) is 0 Å². The Morgan fingerprint density at radius 2 is 2.00 bits per heavy atom. The molecule has 1 saturated carbocycles. The molecule has 1 atom stereocenters. The molecule has 1 heterocycles. The monoisotopic (exact) mass is 289 g/mol. The molecule has 1 aliphatic carbocycles. The Morgan fingerprint density at radius 1 is 1.25 bits per heavy atom. The minimum Gasteiger partial charge on any atom is -0.355 e. The minimum atomic E-state index is -0.257. The van der Waals surface area contributed by atoms with E-state index in [4.69, 9.17) is 0 Å². The van der Waals surface area contributed by atoms with Crippen molar-refractivity contribution in [2.75, 3.05) is 18.1 Å². The number of hydrogen-bond acceptors (Lipinski definition) is 2. The summed E-state index contributed by atoms with van der Waals surface area (Å²) in [6, 6.07) is 10.4. The van der Waals surface area contributed by atoms with E-state index in [1.807, 2.05) is 17.8 Å². The van der Waals surface area contributed by atoms with Crippen LogP contribution in [0.3, 0.4) is 0 Å². The number of benzene rings is 1. The molecule has 0 radical (unpaired) electrons. The van der Waals surface area contributed by atoms with Crippen LogP contribution in [0, 0.1) is 5.92 Å². The SMILES string of the molecule is O=C(NC[C@@H]1CCSC1)C1(c2ccccc2)CCCC1. The first-order valence-electron chi connectivity index (χ1n) is 7.73. The van der Waals surface area contributed by atoms with Crippen molar-refractivity contribution in [1.82, 2.24) is 5.32 Å². The average molecular weight is 289 g/mol. The van der Waals surface area contributed by atoms with Crippen LogP contribution in [0.2, 0.25) is 0 Å². The van der Waals surface area contributed by atoms with E-state index < -0.39 is 0 Å². The standard InChI is InChI=1S/C17H23NOS/c19-16(18-12-14-8-11-20-13-14)17(9-4-5-10-17)15-6-2-1-3-7-15/h1-3,6-7,14H,4-5,8-13H2,(H,18,19)/t14-/m0/s1. The second kappa shape index (κ2) is 6.21. The maximum atomic E-state index is 12.8. The highest BCUT2D eigenvalue weighted by atomic mass is 32.2. The van der Waals surface area contributed by atoms with Gasteiger partial charge in [0.15, 0.2) is 0 Å². The molecule has 0 unspecified atom stereocenters. The van der Waals surface area contributed by atoms with Crippen LogP contribution in [0.1, 0.15) is 37.7 Å². The molecule has 3 heteroatoms. The molecule has 1 N–H and O–H groups in total. The summed E-state index contributed by atoms with van der Waals surface area (Å²) < 4.78 is 0. The van der Waals surface area contributed by atoms with E-state index >= 15 is 0 Å². The zero-order valence-electron chi connectivity index (χ0n) is 11.9. The van der Waals surface area contributed by atoms with Crippen molar-refractivity contribution in [2.24, 2.45) is 5.92 Å². The molecule has 108 valence electrons. The molecule has 1 amide bonds. The van der Waals surface area contributed by atoms with Crippen LogP contribution in [0.5, 0.6) is 0 Å². The number of carbonyl (C=O) groups excluding carboxylic acids is 1. The zero-order valence-corrected chi connectivity index (χ0v) is 12.8. The van der Waals surface area contributed by atoms with Crippen molar-refractivity contribution in [3.8, 4) is 0 Å². The van der Waals surface area contributed by atoms with Crippen LogP contribution >= 0.6 is 11.8 Å². The van der Waals surface area contributed by atoms with Crippen molar-refractivity contribution in [3.63, 3.8) is 0 Å². The third kappa shape index (κ3) is 2.73. The van der Waals surface area contributed by atoms with E-state index in [1.165, 1.54) is 36.3 Å². The molecule has 2 aliphatic rings. The predicted molar refractivity (Wildman–Crippen MR) is 85.0 cm³/mol. The topological polar surface area (TPSA) is 29.1 Å². The van der Waals surface area contributed by atoms with Crippen LogP contribution in [0.15, 0.2) is 30.3 Å². The van der Waals surface area contributed by atoms with Crippen LogP contribution in [-0.4, -0.2) is 24.0 Å². The third-order valence-corrected chi connectivity index (χ3v) is 6.02. The largest absolute Gasteiger partial charge is 0.355 e. The number of carbonyl (C=O) groups is 1. The van der Waals surface area contributed by atoms with Crippen molar-refractivity contribution >= 4 is 17.7 Å². The van der Waals surface area contributed by atoms with E-state index in [9.17, 15) is 4.79 Å². The number of amides is 1. The summed E-state index contributed by atoms with van der Waals surface area (Å²) in [6.45, 7) is 0.862. The first-order chi connectivity index (χ1) is 9.81. The highest BCUT2D eigenvalue weighted by Gasteiger charge is 2.42. The van der Waals surface area contributed by atoms with Gasteiger partial charge in [-0.25, -0.2) is 0 Å². The Bertz CT molecular complexity index is 447. The first kappa shape index (κ1) is 14.0. The summed E-state index contributed by atoms with van der Waals surface area (Å²) >= 11 is 2.01. The molecular weight excluding hydrogens is 266 g/mol. The van der Waals surface area contributed by atoms with Gasteiger partial charge >= 0.3 is 0 Å². The van der Waals surface area contributed by atoms with Crippen molar-refractivity contribution in [2.45, 2.75) is 37.5 Å². The fourth-order valence-electron chi connectivity index (χ4n) is 3.53. The van der Waals surface area contributed by atoms with Crippen LogP contribution in [-0.2, 0) is 10.2 Å². The zero-order chi connectivity index (χ0) is 13.8. The number of hydrogen-bond donors (Lipinski definition) is 1. The lowest BCUT2D eigenvalue weighted by Gasteiger charge is -2.29. The normalized spacial score (nSPS) is 24.7. The molecule has 20 heavy (non-hydrogen) atoms. The van der Waals surface area contributed by atoms with E-state index in [0.29, 0.717) is 5.92 Å². The van der Waals surface area contributed by atoms with E-state index in [2.05, 4.69) is 29.6 Å². The lowest BCUT2D eigenvalue weighted by atomic mass is 9.78. The Morgan fingerprint density at radius 3 is 2.65 bits per heavy atom. The van der Waals surface area contributed by atoms with Crippen molar-refractivity contribution in [3.05, 3.63) is 35.9 Å². The minimum absolute atomic E-state index is 0.257. The molecule has 3 rings (SSSR count). The maximum absolute atomic E-state index is 12.8. The summed E-state index contributed by atoms with van der Waals surface area (Å²) in [5, 5.41) is 3.25. The Kier molecular flexibility index (Phi) is 4.35. The molecule has 0 bridgehead atoms. The highest BCUT2D eigenvalue weighted by Crippen LogP contribution is 2.41. The summed E-state index contributed by atoms with van der Waals surface area (Å²) in [5.41, 5.74) is 0.948. The second-order valence-corrected chi connectivity index (χ2v) is 7.24. The second-order valence-electron chi connectivity index (χ2n) is 6.09. The molecule has 1 aromatic carbocycles. The number of thioether (sulfide) groups is 1. The Hall–Kier alpha value is -0.960. The van der Waals surface area contributed by atoms with Gasteiger partial charge in [0, 0.05) is 6.54 Å². The average Bonchev–Trinajstić information content (AvgIpc) is 3.18. The Balaban J connectivity index is 1.71. The third-order valence-electron chi connectivity index (χ3n) is 4.79. The van der Waals surface area contributed by atoms with Crippen LogP contribution in [0.25, 0.3) is 0 Å². The van der Waals surface area contributed by atoms with Crippen molar-refractivity contribution in [1.29, 1.82) is 0 Å². The fraction of sp³-hybridized carbons (Fsp3) is 0.588. The van der Waals surface area contributed by atoms with Gasteiger partial charge in [-0.05, 0) is 42.2 Å². The molecule has 1 aromatic rings. The van der Waals surface area contributed by atoms with Gasteiger partial charge in [0.2, 0.25) is 5.91 Å². The molecule has 1 saturated heterocycles. The van der Waals surface area contributed by atoms with Crippen LogP contribution in [0.4, 0.5) is 0 Å². The van der Waals surface area contributed by atoms with E-state index in [1.54, 1.807) is 0 Å². The summed E-state index contributed by atoms with van der Waals surface area (Å²) in [6.07, 6.45) is 5.59. The van der Waals surface area contributed by atoms with Gasteiger partial charge in [0.1, 0.15) is 0 Å². The molecule has 0 aromatic heterocycles. The maximum Gasteiger partial charge on any atom is 0.230 e. The molecule has 2 fully saturated rings. The van der Waals surface area contributed by atoms with Gasteiger partial charge < -0.3 is 5.32 Å². The van der Waals surface area contributed by atoms with E-state index in [0.717, 1.165) is 19.4 Å². The van der Waals surface area contributed by atoms with Gasteiger partial charge in [-0.3, -0.25) is 4.79 Å². The van der Waals surface area contributed by atoms with E-state index in [-0.39, 0.29) is 11.3 Å². The highest BCUT2D eigenvalue weighted by molar-refractivity contribution is 7.99.